The number of carbonyl (C=O) groups is 1. The van der Waals surface area contributed by atoms with Crippen LogP contribution in [0.25, 0.3) is 22.3 Å². The number of hydrogen-bond donors (Lipinski definition) is 1. The van der Waals surface area contributed by atoms with Gasteiger partial charge in [-0.05, 0) is 54.9 Å². The first-order chi connectivity index (χ1) is 18.0. The molecule has 6 rings (SSSR count). The monoisotopic (exact) mass is 500 g/mol. The summed E-state index contributed by atoms with van der Waals surface area (Å²) in [7, 11) is 0. The van der Waals surface area contributed by atoms with Gasteiger partial charge >= 0.3 is 5.97 Å². The van der Waals surface area contributed by atoms with Crippen molar-refractivity contribution in [3.8, 4) is 11.4 Å². The minimum Gasteiger partial charge on any atom is -0.458 e. The molecule has 0 unspecified atom stereocenters. The van der Waals surface area contributed by atoms with Crippen LogP contribution in [0, 0.1) is 5.92 Å². The predicted octanol–water partition coefficient (Wildman–Crippen LogP) is 5.55. The lowest BCUT2D eigenvalue weighted by Gasteiger charge is -2.31. The number of ether oxygens (including phenoxy) is 1. The first kappa shape index (κ1) is 24.4. The van der Waals surface area contributed by atoms with Gasteiger partial charge in [-0.1, -0.05) is 64.5 Å². The van der Waals surface area contributed by atoms with E-state index in [2.05, 4.69) is 25.1 Å². The van der Waals surface area contributed by atoms with Gasteiger partial charge in [0.15, 0.2) is 5.60 Å². The Bertz CT molecular complexity index is 1450. The van der Waals surface area contributed by atoms with Crippen LogP contribution in [-0.2, 0) is 41.1 Å². The summed E-state index contributed by atoms with van der Waals surface area (Å²) in [5.41, 5.74) is 4.84. The number of aliphatic hydroxyl groups is 1. The Morgan fingerprint density at radius 1 is 1.14 bits per heavy atom. The molecule has 194 valence electrons. The summed E-state index contributed by atoms with van der Waals surface area (Å²) in [5.74, 6) is 0.186. The number of aromatic nitrogens is 2. The highest BCUT2D eigenvalue weighted by atomic mass is 16.6. The van der Waals surface area contributed by atoms with Crippen LogP contribution in [0.2, 0.25) is 0 Å². The van der Waals surface area contributed by atoms with Crippen LogP contribution in [0.1, 0.15) is 93.0 Å². The number of nitrogens with zero attached hydrogens (tertiary/aromatic N) is 2. The first-order valence-electron chi connectivity index (χ1n) is 14.1. The molecule has 1 saturated carbocycles. The van der Waals surface area contributed by atoms with Gasteiger partial charge < -0.3 is 14.4 Å². The largest absolute Gasteiger partial charge is 0.458 e. The molecule has 2 aromatic heterocycles. The van der Waals surface area contributed by atoms with Crippen LogP contribution in [0.4, 0.5) is 0 Å². The lowest BCUT2D eigenvalue weighted by Crippen LogP contribution is -2.44. The number of carbonyl (C=O) groups excluding carboxylic acids is 1. The first-order valence-corrected chi connectivity index (χ1v) is 14.1. The van der Waals surface area contributed by atoms with E-state index in [1.807, 2.05) is 0 Å². The number of esters is 1. The van der Waals surface area contributed by atoms with Gasteiger partial charge in [0.1, 0.15) is 6.61 Å². The van der Waals surface area contributed by atoms with Crippen molar-refractivity contribution >= 4 is 16.9 Å². The molecule has 0 radical (unpaired) electrons. The van der Waals surface area contributed by atoms with Crippen LogP contribution in [0.15, 0.2) is 29.1 Å². The Kier molecular flexibility index (Phi) is 6.18. The van der Waals surface area contributed by atoms with E-state index < -0.39 is 11.6 Å². The zero-order valence-electron chi connectivity index (χ0n) is 21.9. The smallest absolute Gasteiger partial charge is 0.343 e. The molecule has 0 spiro atoms. The minimum absolute atomic E-state index is 0.104. The fourth-order valence-electron chi connectivity index (χ4n) is 6.96. The minimum atomic E-state index is -1.80. The molecule has 37 heavy (non-hydrogen) atoms. The van der Waals surface area contributed by atoms with Crippen LogP contribution in [-0.4, -0.2) is 20.6 Å². The highest BCUT2D eigenvalue weighted by Crippen LogP contribution is 2.41. The van der Waals surface area contributed by atoms with E-state index in [0.717, 1.165) is 35.5 Å². The maximum Gasteiger partial charge on any atom is 0.343 e. The van der Waals surface area contributed by atoms with E-state index >= 15 is 0 Å². The van der Waals surface area contributed by atoms with Gasteiger partial charge in [0.25, 0.3) is 5.56 Å². The zero-order chi connectivity index (χ0) is 25.7. The Labute approximate surface area is 217 Å². The van der Waals surface area contributed by atoms with Crippen molar-refractivity contribution in [3.05, 3.63) is 62.4 Å². The van der Waals surface area contributed by atoms with Gasteiger partial charge in [-0.15, -0.1) is 0 Å². The maximum atomic E-state index is 13.6. The van der Waals surface area contributed by atoms with Crippen molar-refractivity contribution < 1.29 is 14.6 Å². The molecular formula is C31H36N2O4. The molecule has 6 nitrogen and oxygen atoms in total. The molecule has 1 atom stereocenters. The third kappa shape index (κ3) is 3.83. The molecule has 3 aromatic rings. The molecule has 0 amide bonds. The van der Waals surface area contributed by atoms with Gasteiger partial charge in [0.05, 0.1) is 29.0 Å². The van der Waals surface area contributed by atoms with Crippen LogP contribution >= 0.6 is 0 Å². The Hall–Kier alpha value is -2.99. The Morgan fingerprint density at radius 2 is 1.95 bits per heavy atom. The molecule has 2 aliphatic heterocycles. The fourth-order valence-corrected chi connectivity index (χ4v) is 6.96. The molecule has 3 aliphatic rings. The topological polar surface area (TPSA) is 81.4 Å². The summed E-state index contributed by atoms with van der Waals surface area (Å²) in [6.07, 6.45) is 11.5. The number of rotatable bonds is 6. The Morgan fingerprint density at radius 3 is 2.70 bits per heavy atom. The third-order valence-electron chi connectivity index (χ3n) is 9.05. The van der Waals surface area contributed by atoms with Gasteiger partial charge in [0, 0.05) is 16.5 Å². The number of fused-ring (bicyclic) bond motifs is 5. The third-order valence-corrected chi connectivity index (χ3v) is 9.05. The molecule has 1 aromatic carbocycles. The lowest BCUT2D eigenvalue weighted by atomic mass is 9.85. The Balaban J connectivity index is 1.43. The number of aryl methyl sites for hydroxylation is 2. The summed E-state index contributed by atoms with van der Waals surface area (Å²) in [4.78, 5) is 31.1. The second-order valence-electron chi connectivity index (χ2n) is 11.1. The lowest BCUT2D eigenvalue weighted by molar-refractivity contribution is -0.172. The van der Waals surface area contributed by atoms with Crippen LogP contribution in [0.3, 0.4) is 0 Å². The van der Waals surface area contributed by atoms with Gasteiger partial charge in [-0.3, -0.25) is 4.79 Å². The summed E-state index contributed by atoms with van der Waals surface area (Å²) >= 11 is 0. The fraction of sp³-hybridized carbons (Fsp3) is 0.516. The summed E-state index contributed by atoms with van der Waals surface area (Å²) < 4.78 is 6.96. The molecule has 1 fully saturated rings. The molecule has 6 heteroatoms. The van der Waals surface area contributed by atoms with Crippen LogP contribution in [0.5, 0.6) is 0 Å². The van der Waals surface area contributed by atoms with Crippen molar-refractivity contribution in [1.82, 2.24) is 9.55 Å². The summed E-state index contributed by atoms with van der Waals surface area (Å²) in [5, 5.41) is 12.4. The highest BCUT2D eigenvalue weighted by Gasteiger charge is 2.45. The van der Waals surface area contributed by atoms with Crippen molar-refractivity contribution in [1.29, 1.82) is 0 Å². The van der Waals surface area contributed by atoms with Crippen molar-refractivity contribution in [3.63, 3.8) is 0 Å². The van der Waals surface area contributed by atoms with Crippen molar-refractivity contribution in [2.45, 2.75) is 96.8 Å². The number of cyclic esters (lactones) is 1. The second-order valence-corrected chi connectivity index (χ2v) is 11.1. The van der Waals surface area contributed by atoms with Crippen molar-refractivity contribution in [2.75, 3.05) is 0 Å². The maximum absolute atomic E-state index is 13.6. The molecular weight excluding hydrogens is 464 g/mol. The van der Waals surface area contributed by atoms with E-state index in [1.54, 1.807) is 17.6 Å². The van der Waals surface area contributed by atoms with E-state index in [9.17, 15) is 14.7 Å². The number of hydrogen-bond acceptors (Lipinski definition) is 5. The molecule has 1 N–H and O–H groups in total. The normalized spacial score (nSPS) is 21.0. The molecule has 4 heterocycles. The average molecular weight is 501 g/mol. The van der Waals surface area contributed by atoms with E-state index in [1.165, 1.54) is 61.5 Å². The quantitative estimate of drug-likeness (QED) is 0.351. The number of benzene rings is 1. The average Bonchev–Trinajstić information content (AvgIpc) is 3.29. The summed E-state index contributed by atoms with van der Waals surface area (Å²) in [6.45, 7) is 4.25. The van der Waals surface area contributed by atoms with Crippen LogP contribution < -0.4 is 5.56 Å². The standard InChI is InChI=1S/C31H36N2O4/c1-3-21-22-17-33-26(16-24-23(29(33)34)18-37-30(35)31(24,36)4-2)28(22)32-25-15-9-14-20(27(21)25)13-8-12-19-10-6-5-7-11-19/h9,14-16,19,36H,3-8,10-13,17-18H2,1-2H3/t31-/m0/s1. The van der Waals surface area contributed by atoms with E-state index in [0.29, 0.717) is 23.4 Å². The van der Waals surface area contributed by atoms with Gasteiger partial charge in [-0.2, -0.15) is 0 Å². The predicted molar refractivity (Wildman–Crippen MR) is 143 cm³/mol. The molecule has 0 saturated heterocycles. The summed E-state index contributed by atoms with van der Waals surface area (Å²) in [6, 6.07) is 8.21. The van der Waals surface area contributed by atoms with E-state index in [4.69, 9.17) is 9.72 Å². The zero-order valence-corrected chi connectivity index (χ0v) is 21.9. The van der Waals surface area contributed by atoms with E-state index in [-0.39, 0.29) is 18.6 Å². The van der Waals surface area contributed by atoms with Crippen molar-refractivity contribution in [2.24, 2.45) is 5.92 Å². The molecule has 0 bridgehead atoms. The SMILES string of the molecule is CCc1c2c(nc3cccc(CCCC4CCCCC4)c13)-c1cc3c(c(=O)n1C2)COC(=O)[C@]3(O)CC. The number of pyridine rings is 2. The van der Waals surface area contributed by atoms with Gasteiger partial charge in [0.2, 0.25) is 0 Å². The molecule has 1 aliphatic carbocycles. The highest BCUT2D eigenvalue weighted by molar-refractivity contribution is 5.91. The van der Waals surface area contributed by atoms with Gasteiger partial charge in [-0.25, -0.2) is 9.78 Å². The second kappa shape index (κ2) is 9.39.